The Bertz CT molecular complexity index is 582. The molecule has 0 aliphatic carbocycles. The lowest BCUT2D eigenvalue weighted by Crippen LogP contribution is -2.35. The molecule has 2 rings (SSSR count). The number of carbonyl (C=O) groups excluding carboxylic acids is 2. The fourth-order valence-electron chi connectivity index (χ4n) is 1.78. The van der Waals surface area contributed by atoms with Crippen molar-refractivity contribution in [2.75, 3.05) is 13.4 Å². The van der Waals surface area contributed by atoms with Gasteiger partial charge in [0, 0.05) is 12.1 Å². The molecule has 0 saturated heterocycles. The van der Waals surface area contributed by atoms with Gasteiger partial charge in [-0.15, -0.1) is 0 Å². The maximum Gasteiger partial charge on any atom is 0.331 e. The lowest BCUT2D eigenvalue weighted by atomic mass is 10.2. The molecular weight excluding hydrogens is 286 g/mol. The molecule has 1 amide bonds. The molecule has 1 aromatic rings. The first-order chi connectivity index (χ1) is 10.6. The molecule has 1 atom stereocenters. The molecule has 6 nitrogen and oxygen atoms in total. The summed E-state index contributed by atoms with van der Waals surface area (Å²) in [5.41, 5.74) is 0.783. The minimum Gasteiger partial charge on any atom is -0.454 e. The van der Waals surface area contributed by atoms with Crippen LogP contribution in [0.25, 0.3) is 6.08 Å². The Morgan fingerprint density at radius 2 is 2.14 bits per heavy atom. The second kappa shape index (κ2) is 7.49. The van der Waals surface area contributed by atoms with E-state index in [4.69, 9.17) is 14.2 Å². The van der Waals surface area contributed by atoms with Crippen molar-refractivity contribution in [2.24, 2.45) is 0 Å². The predicted molar refractivity (Wildman–Crippen MR) is 80.5 cm³/mol. The molecular formula is C16H19NO5. The molecule has 1 heterocycles. The quantitative estimate of drug-likeness (QED) is 0.642. The van der Waals surface area contributed by atoms with Crippen LogP contribution in [0.4, 0.5) is 0 Å². The molecule has 0 fully saturated rings. The molecule has 0 spiro atoms. The Balaban J connectivity index is 1.80. The molecule has 0 aromatic heterocycles. The van der Waals surface area contributed by atoms with E-state index in [0.717, 1.165) is 12.0 Å². The lowest BCUT2D eigenvalue weighted by molar-refractivity contribution is -0.144. The molecule has 1 aromatic carbocycles. The van der Waals surface area contributed by atoms with Gasteiger partial charge >= 0.3 is 5.97 Å². The lowest BCUT2D eigenvalue weighted by Gasteiger charge is -2.10. The molecule has 22 heavy (non-hydrogen) atoms. The number of carbonyl (C=O) groups is 2. The van der Waals surface area contributed by atoms with E-state index in [1.54, 1.807) is 24.3 Å². The molecule has 0 radical (unpaired) electrons. The number of ether oxygens (including phenoxy) is 3. The number of rotatable bonds is 6. The Morgan fingerprint density at radius 3 is 2.91 bits per heavy atom. The molecule has 1 aliphatic rings. The first-order valence-electron chi connectivity index (χ1n) is 7.12. The van der Waals surface area contributed by atoms with E-state index >= 15 is 0 Å². The molecule has 6 heteroatoms. The van der Waals surface area contributed by atoms with Crippen molar-refractivity contribution in [1.29, 1.82) is 0 Å². The zero-order chi connectivity index (χ0) is 15.9. The molecule has 1 aliphatic heterocycles. The third kappa shape index (κ3) is 4.51. The van der Waals surface area contributed by atoms with Crippen LogP contribution in [0.2, 0.25) is 0 Å². The summed E-state index contributed by atoms with van der Waals surface area (Å²) in [7, 11) is 0. The minimum atomic E-state index is -0.572. The van der Waals surface area contributed by atoms with Crippen LogP contribution in [0.3, 0.4) is 0 Å². The van der Waals surface area contributed by atoms with Gasteiger partial charge in [0.1, 0.15) is 0 Å². The van der Waals surface area contributed by atoms with Gasteiger partial charge in [-0.2, -0.15) is 0 Å². The second-order valence-electron chi connectivity index (χ2n) is 4.93. The van der Waals surface area contributed by atoms with E-state index in [0.29, 0.717) is 11.5 Å². The summed E-state index contributed by atoms with van der Waals surface area (Å²) in [5, 5.41) is 2.72. The van der Waals surface area contributed by atoms with E-state index in [9.17, 15) is 9.59 Å². The number of hydrogen-bond acceptors (Lipinski definition) is 5. The largest absolute Gasteiger partial charge is 0.454 e. The van der Waals surface area contributed by atoms with Crippen LogP contribution in [-0.4, -0.2) is 31.3 Å². The highest BCUT2D eigenvalue weighted by Crippen LogP contribution is 2.32. The van der Waals surface area contributed by atoms with Gasteiger partial charge < -0.3 is 19.5 Å². The summed E-state index contributed by atoms with van der Waals surface area (Å²) in [4.78, 5) is 23.0. The van der Waals surface area contributed by atoms with Gasteiger partial charge in [-0.25, -0.2) is 4.79 Å². The third-order valence-corrected chi connectivity index (χ3v) is 3.17. The van der Waals surface area contributed by atoms with Crippen LogP contribution in [0.15, 0.2) is 24.3 Å². The van der Waals surface area contributed by atoms with Gasteiger partial charge in [-0.3, -0.25) is 4.79 Å². The summed E-state index contributed by atoms with van der Waals surface area (Å²) in [6.45, 7) is 3.77. The predicted octanol–water partition coefficient (Wildman–Crippen LogP) is 1.89. The van der Waals surface area contributed by atoms with Crippen molar-refractivity contribution >= 4 is 18.0 Å². The van der Waals surface area contributed by atoms with E-state index in [1.165, 1.54) is 6.08 Å². The molecule has 0 unspecified atom stereocenters. The van der Waals surface area contributed by atoms with Crippen molar-refractivity contribution in [3.05, 3.63) is 29.8 Å². The summed E-state index contributed by atoms with van der Waals surface area (Å²) >= 11 is 0. The first-order valence-corrected chi connectivity index (χ1v) is 7.12. The van der Waals surface area contributed by atoms with E-state index in [-0.39, 0.29) is 25.3 Å². The second-order valence-corrected chi connectivity index (χ2v) is 4.93. The highest BCUT2D eigenvalue weighted by Gasteiger charge is 2.12. The van der Waals surface area contributed by atoms with Crippen LogP contribution in [0.5, 0.6) is 11.5 Å². The number of benzene rings is 1. The van der Waals surface area contributed by atoms with Crippen LogP contribution >= 0.6 is 0 Å². The Hall–Kier alpha value is -2.50. The zero-order valence-electron chi connectivity index (χ0n) is 12.6. The zero-order valence-corrected chi connectivity index (χ0v) is 12.6. The number of fused-ring (bicyclic) bond motifs is 1. The number of nitrogens with one attached hydrogen (secondary N) is 1. The third-order valence-electron chi connectivity index (χ3n) is 3.17. The monoisotopic (exact) mass is 305 g/mol. The van der Waals surface area contributed by atoms with E-state index < -0.39 is 5.97 Å². The molecule has 0 bridgehead atoms. The number of esters is 1. The van der Waals surface area contributed by atoms with Gasteiger partial charge in [0.25, 0.3) is 5.91 Å². The van der Waals surface area contributed by atoms with Gasteiger partial charge in [0.15, 0.2) is 18.1 Å². The van der Waals surface area contributed by atoms with Gasteiger partial charge in [-0.05, 0) is 37.1 Å². The van der Waals surface area contributed by atoms with Gasteiger partial charge in [0.2, 0.25) is 6.79 Å². The highest BCUT2D eigenvalue weighted by atomic mass is 16.7. The van der Waals surface area contributed by atoms with Crippen molar-refractivity contribution in [3.63, 3.8) is 0 Å². The summed E-state index contributed by atoms with van der Waals surface area (Å²) in [6, 6.07) is 5.40. The standard InChI is InChI=1S/C16H19NO5/c1-3-11(2)17-15(18)9-20-16(19)7-5-12-4-6-13-14(8-12)22-10-21-13/h4-8,11H,3,9-10H2,1-2H3,(H,17,18)/b7-5+/t11-/m0/s1. The topological polar surface area (TPSA) is 73.9 Å². The van der Waals surface area contributed by atoms with Crippen molar-refractivity contribution in [1.82, 2.24) is 5.32 Å². The van der Waals surface area contributed by atoms with Crippen molar-refractivity contribution < 1.29 is 23.8 Å². The van der Waals surface area contributed by atoms with Crippen LogP contribution in [-0.2, 0) is 14.3 Å². The fourth-order valence-corrected chi connectivity index (χ4v) is 1.78. The SMILES string of the molecule is CC[C@H](C)NC(=O)COC(=O)/C=C/c1ccc2c(c1)OCO2. The summed E-state index contributed by atoms with van der Waals surface area (Å²) in [5.74, 6) is 0.445. The van der Waals surface area contributed by atoms with E-state index in [1.807, 2.05) is 13.8 Å². The normalized spacial score (nSPS) is 13.9. The van der Waals surface area contributed by atoms with Gasteiger partial charge in [-0.1, -0.05) is 13.0 Å². The summed E-state index contributed by atoms with van der Waals surface area (Å²) < 4.78 is 15.3. The maximum absolute atomic E-state index is 11.6. The van der Waals surface area contributed by atoms with Crippen LogP contribution in [0.1, 0.15) is 25.8 Å². The Labute approximate surface area is 129 Å². The smallest absolute Gasteiger partial charge is 0.331 e. The fraction of sp³-hybridized carbons (Fsp3) is 0.375. The first kappa shape index (κ1) is 15.9. The van der Waals surface area contributed by atoms with Crippen LogP contribution in [0, 0.1) is 0 Å². The number of hydrogen-bond donors (Lipinski definition) is 1. The Morgan fingerprint density at radius 1 is 1.36 bits per heavy atom. The maximum atomic E-state index is 11.6. The highest BCUT2D eigenvalue weighted by molar-refractivity contribution is 5.89. The van der Waals surface area contributed by atoms with Crippen LogP contribution < -0.4 is 14.8 Å². The Kier molecular flexibility index (Phi) is 5.41. The summed E-state index contributed by atoms with van der Waals surface area (Å²) in [6.07, 6.45) is 3.69. The number of amides is 1. The average Bonchev–Trinajstić information content (AvgIpc) is 2.98. The van der Waals surface area contributed by atoms with Gasteiger partial charge in [0.05, 0.1) is 0 Å². The van der Waals surface area contributed by atoms with E-state index in [2.05, 4.69) is 5.32 Å². The molecule has 1 N–H and O–H groups in total. The molecule has 118 valence electrons. The minimum absolute atomic E-state index is 0.0652. The van der Waals surface area contributed by atoms with Crippen molar-refractivity contribution in [3.8, 4) is 11.5 Å². The van der Waals surface area contributed by atoms with Crippen molar-refractivity contribution in [2.45, 2.75) is 26.3 Å². The average molecular weight is 305 g/mol. The molecule has 0 saturated carbocycles.